The average molecular weight is 251 g/mol. The third-order valence-electron chi connectivity index (χ3n) is 1.69. The minimum absolute atomic E-state index is 0. The number of anilines is 1. The molecule has 1 N–H and O–H groups in total. The van der Waals surface area contributed by atoms with Crippen LogP contribution in [0.5, 0.6) is 0 Å². The lowest BCUT2D eigenvalue weighted by Gasteiger charge is -2.09. The lowest BCUT2D eigenvalue weighted by atomic mass is 10.4. The molecule has 0 radical (unpaired) electrons. The quantitative estimate of drug-likeness (QED) is 0.812. The highest BCUT2D eigenvalue weighted by molar-refractivity contribution is 6.29. The Kier molecular flexibility index (Phi) is 7.38. The average Bonchev–Trinajstić information content (AvgIpc) is 2.12. The first kappa shape index (κ1) is 14.4. The standard InChI is InChI=1S/C9H15ClN4.ClH/c1-14(2)5-3-4-12-9-7-11-6-8(10)13-9;/h6-7H,3-5H2,1-2H3,(H,12,13);1H. The first-order chi connectivity index (χ1) is 6.68. The van der Waals surface area contributed by atoms with Crippen LogP contribution in [-0.4, -0.2) is 42.1 Å². The molecule has 0 amide bonds. The summed E-state index contributed by atoms with van der Waals surface area (Å²) in [6, 6.07) is 0. The Morgan fingerprint density at radius 2 is 2.13 bits per heavy atom. The summed E-state index contributed by atoms with van der Waals surface area (Å²) in [6.07, 6.45) is 4.26. The monoisotopic (exact) mass is 250 g/mol. The molecule has 1 aromatic rings. The van der Waals surface area contributed by atoms with Crippen LogP contribution in [0.3, 0.4) is 0 Å². The molecule has 0 unspecified atom stereocenters. The summed E-state index contributed by atoms with van der Waals surface area (Å²) in [7, 11) is 4.11. The summed E-state index contributed by atoms with van der Waals surface area (Å²) < 4.78 is 0. The second-order valence-corrected chi connectivity index (χ2v) is 3.70. The van der Waals surface area contributed by atoms with Crippen LogP contribution in [-0.2, 0) is 0 Å². The molecule has 0 bridgehead atoms. The predicted molar refractivity (Wildman–Crippen MR) is 66.0 cm³/mol. The van der Waals surface area contributed by atoms with Crippen LogP contribution >= 0.6 is 24.0 Å². The molecule has 15 heavy (non-hydrogen) atoms. The molecule has 0 atom stereocenters. The maximum atomic E-state index is 5.69. The summed E-state index contributed by atoms with van der Waals surface area (Å²) >= 11 is 5.69. The van der Waals surface area contributed by atoms with Crippen LogP contribution in [0.2, 0.25) is 5.15 Å². The topological polar surface area (TPSA) is 41.0 Å². The fraction of sp³-hybridized carbons (Fsp3) is 0.556. The van der Waals surface area contributed by atoms with E-state index in [4.69, 9.17) is 11.6 Å². The molecular formula is C9H16Cl2N4. The zero-order valence-electron chi connectivity index (χ0n) is 8.90. The molecule has 1 aromatic heterocycles. The summed E-state index contributed by atoms with van der Waals surface area (Å²) in [5, 5.41) is 3.58. The van der Waals surface area contributed by atoms with Crippen molar-refractivity contribution in [3.05, 3.63) is 17.5 Å². The minimum Gasteiger partial charge on any atom is -0.369 e. The molecule has 0 saturated carbocycles. The van der Waals surface area contributed by atoms with E-state index in [0.717, 1.165) is 25.3 Å². The van der Waals surface area contributed by atoms with Gasteiger partial charge >= 0.3 is 0 Å². The first-order valence-corrected chi connectivity index (χ1v) is 4.92. The van der Waals surface area contributed by atoms with Gasteiger partial charge in [0.05, 0.1) is 12.4 Å². The van der Waals surface area contributed by atoms with E-state index >= 15 is 0 Å². The minimum atomic E-state index is 0. The van der Waals surface area contributed by atoms with E-state index in [1.165, 1.54) is 6.20 Å². The Balaban J connectivity index is 0.00000196. The van der Waals surface area contributed by atoms with Crippen molar-refractivity contribution in [3.8, 4) is 0 Å². The number of hydrogen-bond donors (Lipinski definition) is 1. The van der Waals surface area contributed by atoms with E-state index in [0.29, 0.717) is 5.15 Å². The van der Waals surface area contributed by atoms with E-state index in [1.54, 1.807) is 6.20 Å². The summed E-state index contributed by atoms with van der Waals surface area (Å²) in [5.41, 5.74) is 0. The molecule has 0 aliphatic rings. The summed E-state index contributed by atoms with van der Waals surface area (Å²) in [6.45, 7) is 1.94. The number of hydrogen-bond acceptors (Lipinski definition) is 4. The van der Waals surface area contributed by atoms with E-state index in [2.05, 4.69) is 34.3 Å². The first-order valence-electron chi connectivity index (χ1n) is 4.54. The number of nitrogens with zero attached hydrogens (tertiary/aromatic N) is 3. The van der Waals surface area contributed by atoms with Crippen LogP contribution in [0.15, 0.2) is 12.4 Å². The van der Waals surface area contributed by atoms with Crippen LogP contribution in [0.4, 0.5) is 5.82 Å². The van der Waals surface area contributed by atoms with Gasteiger partial charge in [-0.25, -0.2) is 4.98 Å². The molecule has 1 heterocycles. The number of nitrogens with one attached hydrogen (secondary N) is 1. The van der Waals surface area contributed by atoms with Gasteiger partial charge in [0, 0.05) is 6.54 Å². The Morgan fingerprint density at radius 3 is 2.73 bits per heavy atom. The van der Waals surface area contributed by atoms with E-state index < -0.39 is 0 Å². The zero-order valence-corrected chi connectivity index (χ0v) is 10.5. The molecule has 0 saturated heterocycles. The van der Waals surface area contributed by atoms with Gasteiger partial charge in [-0.15, -0.1) is 12.4 Å². The number of aromatic nitrogens is 2. The highest BCUT2D eigenvalue weighted by atomic mass is 35.5. The Morgan fingerprint density at radius 1 is 1.40 bits per heavy atom. The van der Waals surface area contributed by atoms with Gasteiger partial charge in [0.25, 0.3) is 0 Å². The van der Waals surface area contributed by atoms with Crippen LogP contribution in [0.25, 0.3) is 0 Å². The van der Waals surface area contributed by atoms with Crippen molar-refractivity contribution in [1.29, 1.82) is 0 Å². The van der Waals surface area contributed by atoms with Crippen molar-refractivity contribution in [2.75, 3.05) is 32.5 Å². The third-order valence-corrected chi connectivity index (χ3v) is 1.88. The van der Waals surface area contributed by atoms with Crippen molar-refractivity contribution in [3.63, 3.8) is 0 Å². The molecule has 0 aliphatic heterocycles. The summed E-state index contributed by atoms with van der Waals surface area (Å²) in [4.78, 5) is 10.1. The molecular weight excluding hydrogens is 235 g/mol. The molecule has 6 heteroatoms. The zero-order chi connectivity index (χ0) is 10.4. The lowest BCUT2D eigenvalue weighted by Crippen LogP contribution is -2.16. The Bertz CT molecular complexity index is 281. The van der Waals surface area contributed by atoms with E-state index in [9.17, 15) is 0 Å². The van der Waals surface area contributed by atoms with Gasteiger partial charge in [0.15, 0.2) is 0 Å². The lowest BCUT2D eigenvalue weighted by molar-refractivity contribution is 0.405. The smallest absolute Gasteiger partial charge is 0.149 e. The third kappa shape index (κ3) is 6.49. The molecule has 0 fully saturated rings. The van der Waals surface area contributed by atoms with E-state index in [1.807, 2.05) is 0 Å². The molecule has 0 spiro atoms. The van der Waals surface area contributed by atoms with Crippen LogP contribution in [0.1, 0.15) is 6.42 Å². The van der Waals surface area contributed by atoms with Gasteiger partial charge in [0.2, 0.25) is 0 Å². The molecule has 1 rings (SSSR count). The second kappa shape index (κ2) is 7.68. The van der Waals surface area contributed by atoms with Gasteiger partial charge in [-0.1, -0.05) is 11.6 Å². The van der Waals surface area contributed by atoms with E-state index in [-0.39, 0.29) is 12.4 Å². The van der Waals surface area contributed by atoms with Crippen molar-refractivity contribution < 1.29 is 0 Å². The molecule has 0 aliphatic carbocycles. The fourth-order valence-electron chi connectivity index (χ4n) is 1.04. The maximum absolute atomic E-state index is 5.69. The van der Waals surface area contributed by atoms with Gasteiger partial charge in [-0.2, -0.15) is 0 Å². The highest BCUT2D eigenvalue weighted by Gasteiger charge is 1.95. The van der Waals surface area contributed by atoms with Gasteiger partial charge in [-0.3, -0.25) is 4.98 Å². The largest absolute Gasteiger partial charge is 0.369 e. The van der Waals surface area contributed by atoms with Crippen molar-refractivity contribution in [2.45, 2.75) is 6.42 Å². The molecule has 86 valence electrons. The van der Waals surface area contributed by atoms with Crippen molar-refractivity contribution in [2.24, 2.45) is 0 Å². The van der Waals surface area contributed by atoms with Gasteiger partial charge in [0.1, 0.15) is 11.0 Å². The maximum Gasteiger partial charge on any atom is 0.149 e. The van der Waals surface area contributed by atoms with Crippen molar-refractivity contribution >= 4 is 29.8 Å². The molecule has 4 nitrogen and oxygen atoms in total. The highest BCUT2D eigenvalue weighted by Crippen LogP contribution is 2.06. The second-order valence-electron chi connectivity index (χ2n) is 3.31. The van der Waals surface area contributed by atoms with Crippen molar-refractivity contribution in [1.82, 2.24) is 14.9 Å². The SMILES string of the molecule is CN(C)CCCNc1cncc(Cl)n1.Cl. The van der Waals surface area contributed by atoms with Gasteiger partial charge in [-0.05, 0) is 27.1 Å². The van der Waals surface area contributed by atoms with Gasteiger partial charge < -0.3 is 10.2 Å². The number of rotatable bonds is 5. The summed E-state index contributed by atoms with van der Waals surface area (Å²) in [5.74, 6) is 0.733. The Labute approximate surface area is 101 Å². The molecule has 0 aromatic carbocycles. The number of halogens is 2. The van der Waals surface area contributed by atoms with Crippen LogP contribution < -0.4 is 5.32 Å². The van der Waals surface area contributed by atoms with Crippen LogP contribution in [0, 0.1) is 0 Å². The Hall–Kier alpha value is -0.580. The predicted octanol–water partition coefficient (Wildman–Crippen LogP) is 1.92. The normalized spacial score (nSPS) is 9.87. The fourth-order valence-corrected chi connectivity index (χ4v) is 1.19.